The molecule has 0 spiro atoms. The van der Waals surface area contributed by atoms with Gasteiger partial charge in [-0.3, -0.25) is 14.6 Å². The Morgan fingerprint density at radius 1 is 1.00 bits per heavy atom. The molecule has 0 aromatic heterocycles. The van der Waals surface area contributed by atoms with E-state index in [1.54, 1.807) is 30.0 Å². The molecule has 0 unspecified atom stereocenters. The van der Waals surface area contributed by atoms with Crippen LogP contribution in [0.5, 0.6) is 0 Å². The molecule has 244 valence electrons. The molecule has 11 heteroatoms. The number of rotatable bonds is 6. The fourth-order valence-electron chi connectivity index (χ4n) is 5.53. The number of carbonyl (C=O) groups excluding carboxylic acids is 1. The maximum absolute atomic E-state index is 13.9. The van der Waals surface area contributed by atoms with Gasteiger partial charge in [-0.2, -0.15) is 13.2 Å². The second kappa shape index (κ2) is 15.7. The highest BCUT2D eigenvalue weighted by Gasteiger charge is 2.35. The van der Waals surface area contributed by atoms with Gasteiger partial charge in [0.05, 0.1) is 31.9 Å². The second-order valence-electron chi connectivity index (χ2n) is 12.3. The Morgan fingerprint density at radius 2 is 1.70 bits per heavy atom. The van der Waals surface area contributed by atoms with E-state index in [9.17, 15) is 18.0 Å². The molecule has 0 radical (unpaired) electrons. The topological polar surface area (TPSA) is 39.3 Å². The minimum absolute atomic E-state index is 0. The van der Waals surface area contributed by atoms with Crippen LogP contribution >= 0.6 is 24.8 Å². The van der Waals surface area contributed by atoms with Crippen LogP contribution in [0.1, 0.15) is 46.5 Å². The molecule has 44 heavy (non-hydrogen) atoms. The van der Waals surface area contributed by atoms with Crippen molar-refractivity contribution in [1.29, 1.82) is 0 Å². The highest BCUT2D eigenvalue weighted by molar-refractivity contribution is 5.96. The number of alkyl halides is 3. The summed E-state index contributed by atoms with van der Waals surface area (Å²) in [5, 5.41) is 0. The van der Waals surface area contributed by atoms with Crippen molar-refractivity contribution >= 4 is 36.4 Å². The molecule has 0 bridgehead atoms. The minimum Gasteiger partial charge on any atom is -0.378 e. The number of hydrogen-bond donors (Lipinski definition) is 0. The van der Waals surface area contributed by atoms with Crippen molar-refractivity contribution in [2.45, 2.75) is 51.9 Å². The average Bonchev–Trinajstić information content (AvgIpc) is 2.92. The van der Waals surface area contributed by atoms with Gasteiger partial charge in [0, 0.05) is 63.1 Å². The summed E-state index contributed by atoms with van der Waals surface area (Å²) in [5.41, 5.74) is 2.99. The standard InChI is InChI=1S/C33H43F3N4O2.2ClH/c1-24-9-10-26(17-25(24)2)18-30-22-38(11-7-8-12-39-15-16-42-23-32(39,3)4)13-14-40(30)31(41)27-19-28(33(34,35)36)21-29(20-27)37(5)6;;/h9-10,17,19-21,30H,11-16,18,22-23H2,1-6H3;2*1H/t30-;;/m1../s1. The second-order valence-corrected chi connectivity index (χ2v) is 12.3. The van der Waals surface area contributed by atoms with Crippen molar-refractivity contribution in [2.24, 2.45) is 0 Å². The zero-order valence-electron chi connectivity index (χ0n) is 26.5. The molecule has 0 aliphatic carbocycles. The van der Waals surface area contributed by atoms with Gasteiger partial charge in [-0.25, -0.2) is 0 Å². The number of anilines is 1. The quantitative estimate of drug-likeness (QED) is 0.372. The Labute approximate surface area is 272 Å². The number of ether oxygens (including phenoxy) is 1. The summed E-state index contributed by atoms with van der Waals surface area (Å²) in [5.74, 6) is 6.26. The monoisotopic (exact) mass is 656 g/mol. The smallest absolute Gasteiger partial charge is 0.378 e. The van der Waals surface area contributed by atoms with Crippen LogP contribution in [0.2, 0.25) is 0 Å². The first kappa shape index (κ1) is 37.7. The Hall–Kier alpha value is -2.48. The maximum atomic E-state index is 13.9. The zero-order chi connectivity index (χ0) is 30.7. The van der Waals surface area contributed by atoms with E-state index >= 15 is 0 Å². The van der Waals surface area contributed by atoms with Gasteiger partial charge in [-0.1, -0.05) is 30.0 Å². The fourth-order valence-corrected chi connectivity index (χ4v) is 5.53. The van der Waals surface area contributed by atoms with Crippen LogP contribution in [-0.4, -0.2) is 98.8 Å². The molecule has 2 aromatic carbocycles. The number of piperazine rings is 1. The molecule has 2 fully saturated rings. The van der Waals surface area contributed by atoms with Gasteiger partial charge in [0.15, 0.2) is 0 Å². The molecule has 2 aliphatic rings. The number of nitrogens with zero attached hydrogens (tertiary/aromatic N) is 4. The Morgan fingerprint density at radius 3 is 2.34 bits per heavy atom. The van der Waals surface area contributed by atoms with E-state index in [1.165, 1.54) is 11.1 Å². The summed E-state index contributed by atoms with van der Waals surface area (Å²) < 4.78 is 46.8. The molecular formula is C33H45Cl2F3N4O2. The van der Waals surface area contributed by atoms with Gasteiger partial charge in [0.2, 0.25) is 0 Å². The molecule has 2 saturated heterocycles. The minimum atomic E-state index is -4.55. The molecule has 1 atom stereocenters. The van der Waals surface area contributed by atoms with E-state index in [0.29, 0.717) is 58.0 Å². The summed E-state index contributed by atoms with van der Waals surface area (Å²) in [6, 6.07) is 9.69. The molecule has 4 rings (SSSR count). The Kier molecular flexibility index (Phi) is 13.4. The van der Waals surface area contributed by atoms with E-state index in [0.717, 1.165) is 24.2 Å². The molecule has 2 aliphatic heterocycles. The fraction of sp³-hybridized carbons (Fsp3) is 0.545. The summed E-state index contributed by atoms with van der Waals surface area (Å²) in [6.45, 7) is 13.6. The van der Waals surface area contributed by atoms with Gasteiger partial charge in [0.25, 0.3) is 5.91 Å². The Balaban J connectivity index is 0.00000337. The van der Waals surface area contributed by atoms with E-state index in [-0.39, 0.29) is 47.9 Å². The third-order valence-corrected chi connectivity index (χ3v) is 8.39. The average molecular weight is 658 g/mol. The normalized spacial score (nSPS) is 18.8. The summed E-state index contributed by atoms with van der Waals surface area (Å²) in [4.78, 5) is 21.8. The van der Waals surface area contributed by atoms with Gasteiger partial charge >= 0.3 is 6.18 Å². The van der Waals surface area contributed by atoms with Crippen LogP contribution in [0.4, 0.5) is 18.9 Å². The molecule has 0 N–H and O–H groups in total. The predicted octanol–water partition coefficient (Wildman–Crippen LogP) is 5.72. The van der Waals surface area contributed by atoms with Crippen LogP contribution in [-0.2, 0) is 17.3 Å². The number of amides is 1. The Bertz CT molecular complexity index is 1340. The predicted molar refractivity (Wildman–Crippen MR) is 175 cm³/mol. The first-order valence-corrected chi connectivity index (χ1v) is 14.5. The van der Waals surface area contributed by atoms with Crippen LogP contribution in [0, 0.1) is 25.7 Å². The first-order valence-electron chi connectivity index (χ1n) is 14.5. The van der Waals surface area contributed by atoms with Crippen molar-refractivity contribution in [2.75, 3.05) is 71.5 Å². The van der Waals surface area contributed by atoms with Gasteiger partial charge < -0.3 is 14.5 Å². The first-order chi connectivity index (χ1) is 19.7. The molecule has 2 heterocycles. The van der Waals surface area contributed by atoms with Gasteiger partial charge in [-0.15, -0.1) is 24.8 Å². The highest BCUT2D eigenvalue weighted by Crippen LogP contribution is 2.33. The number of morpholine rings is 1. The van der Waals surface area contributed by atoms with Crippen LogP contribution < -0.4 is 4.90 Å². The number of hydrogen-bond acceptors (Lipinski definition) is 5. The van der Waals surface area contributed by atoms with Gasteiger partial charge in [-0.05, 0) is 69.0 Å². The van der Waals surface area contributed by atoms with Crippen LogP contribution in [0.15, 0.2) is 36.4 Å². The number of carbonyl (C=O) groups is 1. The third-order valence-electron chi connectivity index (χ3n) is 8.39. The zero-order valence-corrected chi connectivity index (χ0v) is 28.1. The van der Waals surface area contributed by atoms with E-state index < -0.39 is 11.7 Å². The summed E-state index contributed by atoms with van der Waals surface area (Å²) in [7, 11) is 3.35. The lowest BCUT2D eigenvalue weighted by molar-refractivity contribution is -0.137. The maximum Gasteiger partial charge on any atom is 0.416 e. The largest absolute Gasteiger partial charge is 0.416 e. The SMILES string of the molecule is Cc1ccc(C[C@@H]2CN(CC#CCN3CCOCC3(C)C)CCN2C(=O)c2cc(N(C)C)cc(C(F)(F)F)c2)cc1C.Cl.Cl. The van der Waals surface area contributed by atoms with Crippen molar-refractivity contribution in [1.82, 2.24) is 14.7 Å². The summed E-state index contributed by atoms with van der Waals surface area (Å²) in [6.07, 6.45) is -3.94. The summed E-state index contributed by atoms with van der Waals surface area (Å²) >= 11 is 0. The number of benzene rings is 2. The lowest BCUT2D eigenvalue weighted by Crippen LogP contribution is -2.56. The lowest BCUT2D eigenvalue weighted by Gasteiger charge is -2.41. The van der Waals surface area contributed by atoms with E-state index in [4.69, 9.17) is 4.74 Å². The molecule has 2 aromatic rings. The molecular weight excluding hydrogens is 612 g/mol. The van der Waals surface area contributed by atoms with E-state index in [1.807, 2.05) is 0 Å². The highest BCUT2D eigenvalue weighted by atomic mass is 35.5. The van der Waals surface area contributed by atoms with Crippen molar-refractivity contribution in [3.8, 4) is 11.8 Å². The molecule has 6 nitrogen and oxygen atoms in total. The lowest BCUT2D eigenvalue weighted by atomic mass is 9.97. The third kappa shape index (κ3) is 9.51. The molecule has 0 saturated carbocycles. The van der Waals surface area contributed by atoms with Crippen molar-refractivity contribution < 1.29 is 22.7 Å². The number of aryl methyl sites for hydroxylation is 2. The van der Waals surface area contributed by atoms with Crippen LogP contribution in [0.25, 0.3) is 0 Å². The van der Waals surface area contributed by atoms with E-state index in [2.05, 4.69) is 67.5 Å². The molecule has 1 amide bonds. The number of halogens is 5. The van der Waals surface area contributed by atoms with Crippen molar-refractivity contribution in [3.05, 3.63) is 64.2 Å². The van der Waals surface area contributed by atoms with Crippen LogP contribution in [0.3, 0.4) is 0 Å². The van der Waals surface area contributed by atoms with Crippen molar-refractivity contribution in [3.63, 3.8) is 0 Å². The van der Waals surface area contributed by atoms with Gasteiger partial charge in [0.1, 0.15) is 0 Å².